The van der Waals surface area contributed by atoms with E-state index >= 15 is 0 Å². The SMILES string of the molecule is Cc1cc(C2CCCN2S(=O)(=O)c2cccnc2Cl)on1. The van der Waals surface area contributed by atoms with Crippen LogP contribution in [0.25, 0.3) is 0 Å². The lowest BCUT2D eigenvalue weighted by molar-refractivity contribution is 0.297. The third kappa shape index (κ3) is 2.56. The molecular weight excluding hydrogens is 314 g/mol. The highest BCUT2D eigenvalue weighted by Crippen LogP contribution is 2.37. The number of aromatic nitrogens is 2. The van der Waals surface area contributed by atoms with Gasteiger partial charge in [-0.3, -0.25) is 0 Å². The van der Waals surface area contributed by atoms with Crippen molar-refractivity contribution in [3.63, 3.8) is 0 Å². The summed E-state index contributed by atoms with van der Waals surface area (Å²) in [5.41, 5.74) is 0.730. The molecule has 0 N–H and O–H groups in total. The zero-order chi connectivity index (χ0) is 15.0. The van der Waals surface area contributed by atoms with Crippen LogP contribution in [0.2, 0.25) is 5.15 Å². The Morgan fingerprint density at radius 1 is 1.48 bits per heavy atom. The van der Waals surface area contributed by atoms with Gasteiger partial charge in [-0.2, -0.15) is 4.31 Å². The van der Waals surface area contributed by atoms with Crippen LogP contribution < -0.4 is 0 Å². The molecule has 112 valence electrons. The fourth-order valence-corrected chi connectivity index (χ4v) is 4.64. The molecule has 8 heteroatoms. The average Bonchev–Trinajstić information content (AvgIpc) is 3.07. The monoisotopic (exact) mass is 327 g/mol. The number of aryl methyl sites for hydroxylation is 1. The van der Waals surface area contributed by atoms with Crippen molar-refractivity contribution in [3.8, 4) is 0 Å². The molecule has 1 saturated heterocycles. The Balaban J connectivity index is 2.00. The second-order valence-electron chi connectivity index (χ2n) is 4.94. The first-order valence-corrected chi connectivity index (χ1v) is 8.37. The highest BCUT2D eigenvalue weighted by Gasteiger charge is 2.39. The molecule has 6 nitrogen and oxygen atoms in total. The lowest BCUT2D eigenvalue weighted by Gasteiger charge is -2.22. The van der Waals surface area contributed by atoms with E-state index in [1.807, 2.05) is 0 Å². The van der Waals surface area contributed by atoms with Gasteiger partial charge >= 0.3 is 0 Å². The van der Waals surface area contributed by atoms with Crippen molar-refractivity contribution in [2.45, 2.75) is 30.7 Å². The molecule has 0 amide bonds. The van der Waals surface area contributed by atoms with Crippen LogP contribution in [-0.2, 0) is 10.0 Å². The summed E-state index contributed by atoms with van der Waals surface area (Å²) in [6.07, 6.45) is 2.93. The third-order valence-electron chi connectivity index (χ3n) is 3.49. The van der Waals surface area contributed by atoms with E-state index in [-0.39, 0.29) is 16.1 Å². The first kappa shape index (κ1) is 14.5. The van der Waals surface area contributed by atoms with Crippen LogP contribution in [0, 0.1) is 6.92 Å². The van der Waals surface area contributed by atoms with Crippen LogP contribution in [0.5, 0.6) is 0 Å². The predicted octanol–water partition coefficient (Wildman–Crippen LogP) is 2.56. The van der Waals surface area contributed by atoms with Gasteiger partial charge in [-0.25, -0.2) is 13.4 Å². The maximum atomic E-state index is 12.8. The summed E-state index contributed by atoms with van der Waals surface area (Å²) in [5.74, 6) is 0.564. The molecule has 1 aliphatic rings. The van der Waals surface area contributed by atoms with Crippen molar-refractivity contribution < 1.29 is 12.9 Å². The van der Waals surface area contributed by atoms with Crippen molar-refractivity contribution in [1.29, 1.82) is 0 Å². The van der Waals surface area contributed by atoms with E-state index in [2.05, 4.69) is 10.1 Å². The summed E-state index contributed by atoms with van der Waals surface area (Å²) in [6, 6.07) is 4.45. The summed E-state index contributed by atoms with van der Waals surface area (Å²) in [6.45, 7) is 2.23. The van der Waals surface area contributed by atoms with Crippen LogP contribution in [-0.4, -0.2) is 29.4 Å². The molecule has 1 fully saturated rings. The van der Waals surface area contributed by atoms with Gasteiger partial charge in [-0.15, -0.1) is 0 Å². The molecule has 21 heavy (non-hydrogen) atoms. The maximum Gasteiger partial charge on any atom is 0.246 e. The highest BCUT2D eigenvalue weighted by molar-refractivity contribution is 7.89. The van der Waals surface area contributed by atoms with Crippen LogP contribution in [0.3, 0.4) is 0 Å². The van der Waals surface area contributed by atoms with Gasteiger partial charge in [0.15, 0.2) is 5.76 Å². The molecule has 3 rings (SSSR count). The van der Waals surface area contributed by atoms with Gasteiger partial charge in [0.1, 0.15) is 10.0 Å². The fraction of sp³-hybridized carbons (Fsp3) is 0.385. The lowest BCUT2D eigenvalue weighted by Crippen LogP contribution is -2.30. The van der Waals surface area contributed by atoms with Crippen LogP contribution in [0.1, 0.15) is 30.3 Å². The van der Waals surface area contributed by atoms with Gasteiger partial charge < -0.3 is 4.52 Å². The van der Waals surface area contributed by atoms with Crippen LogP contribution >= 0.6 is 11.6 Å². The van der Waals surface area contributed by atoms with Gasteiger partial charge in [0.2, 0.25) is 10.0 Å². The smallest absolute Gasteiger partial charge is 0.246 e. The van der Waals surface area contributed by atoms with E-state index in [1.54, 1.807) is 19.1 Å². The van der Waals surface area contributed by atoms with E-state index in [4.69, 9.17) is 16.1 Å². The fourth-order valence-electron chi connectivity index (χ4n) is 2.54. The molecule has 3 heterocycles. The Bertz CT molecular complexity index is 760. The first-order chi connectivity index (χ1) is 10.00. The van der Waals surface area contributed by atoms with E-state index < -0.39 is 10.0 Å². The molecule has 1 atom stereocenters. The van der Waals surface area contributed by atoms with E-state index in [9.17, 15) is 8.42 Å². The second-order valence-corrected chi connectivity index (χ2v) is 7.15. The summed E-state index contributed by atoms with van der Waals surface area (Å²) >= 11 is 5.93. The van der Waals surface area contributed by atoms with Gasteiger partial charge in [0.05, 0.1) is 11.7 Å². The van der Waals surface area contributed by atoms with E-state index in [0.717, 1.165) is 12.1 Å². The van der Waals surface area contributed by atoms with Crippen molar-refractivity contribution in [2.75, 3.05) is 6.54 Å². The second kappa shape index (κ2) is 5.40. The molecule has 1 aliphatic heterocycles. The summed E-state index contributed by atoms with van der Waals surface area (Å²) in [7, 11) is -3.71. The standard InChI is InChI=1S/C13H14ClN3O3S/c1-9-8-11(20-16-9)10-4-3-7-17(10)21(18,19)12-5-2-6-15-13(12)14/h2,5-6,8,10H,3-4,7H2,1H3. The van der Waals surface area contributed by atoms with Gasteiger partial charge in [0, 0.05) is 18.8 Å². The zero-order valence-electron chi connectivity index (χ0n) is 11.4. The number of rotatable bonds is 3. The number of hydrogen-bond donors (Lipinski definition) is 0. The van der Waals surface area contributed by atoms with Gasteiger partial charge in [-0.05, 0) is 31.9 Å². The van der Waals surface area contributed by atoms with Crippen molar-refractivity contribution in [3.05, 3.63) is 41.0 Å². The average molecular weight is 328 g/mol. The van der Waals surface area contributed by atoms with Crippen LogP contribution in [0.15, 0.2) is 33.8 Å². The molecule has 0 bridgehead atoms. The van der Waals surface area contributed by atoms with Gasteiger partial charge in [-0.1, -0.05) is 16.8 Å². The van der Waals surface area contributed by atoms with Crippen LogP contribution in [0.4, 0.5) is 0 Å². The largest absolute Gasteiger partial charge is 0.359 e. The van der Waals surface area contributed by atoms with Gasteiger partial charge in [0.25, 0.3) is 0 Å². The number of halogens is 1. The Morgan fingerprint density at radius 2 is 2.29 bits per heavy atom. The van der Waals surface area contributed by atoms with Crippen molar-refractivity contribution in [1.82, 2.24) is 14.4 Å². The third-order valence-corrected chi connectivity index (χ3v) is 5.84. The normalized spacial score (nSPS) is 20.0. The predicted molar refractivity (Wildman–Crippen MR) is 76.4 cm³/mol. The minimum atomic E-state index is -3.71. The zero-order valence-corrected chi connectivity index (χ0v) is 12.9. The summed E-state index contributed by atoms with van der Waals surface area (Å²) < 4.78 is 32.2. The molecular formula is C13H14ClN3O3S. The van der Waals surface area contributed by atoms with Crippen molar-refractivity contribution >= 4 is 21.6 Å². The molecule has 1 unspecified atom stereocenters. The molecule has 0 aromatic carbocycles. The molecule has 2 aromatic rings. The summed E-state index contributed by atoms with van der Waals surface area (Å²) in [4.78, 5) is 3.87. The maximum absolute atomic E-state index is 12.8. The quantitative estimate of drug-likeness (QED) is 0.810. The Labute approximate surface area is 127 Å². The number of nitrogens with zero attached hydrogens (tertiary/aromatic N) is 3. The molecule has 0 spiro atoms. The Morgan fingerprint density at radius 3 is 2.95 bits per heavy atom. The van der Waals surface area contributed by atoms with Crippen molar-refractivity contribution in [2.24, 2.45) is 0 Å². The topological polar surface area (TPSA) is 76.3 Å². The Kier molecular flexibility index (Phi) is 3.73. The highest BCUT2D eigenvalue weighted by atomic mass is 35.5. The number of sulfonamides is 1. The first-order valence-electron chi connectivity index (χ1n) is 6.56. The lowest BCUT2D eigenvalue weighted by atomic mass is 10.2. The Hall–Kier alpha value is -1.44. The van der Waals surface area contributed by atoms with E-state index in [1.165, 1.54) is 16.6 Å². The number of hydrogen-bond acceptors (Lipinski definition) is 5. The molecule has 0 saturated carbocycles. The molecule has 0 radical (unpaired) electrons. The number of pyridine rings is 1. The minimum absolute atomic E-state index is 0.0168. The minimum Gasteiger partial charge on any atom is -0.359 e. The van der Waals surface area contributed by atoms with E-state index in [0.29, 0.717) is 18.7 Å². The summed E-state index contributed by atoms with van der Waals surface area (Å²) in [5, 5.41) is 3.82. The molecule has 2 aromatic heterocycles. The molecule has 0 aliphatic carbocycles.